The summed E-state index contributed by atoms with van der Waals surface area (Å²) in [5.74, 6) is 0. The molecule has 0 aromatic rings. The zero-order chi connectivity index (χ0) is 15.9. The van der Waals surface area contributed by atoms with Gasteiger partial charge in [-0.25, -0.2) is 4.79 Å². The summed E-state index contributed by atoms with van der Waals surface area (Å²) in [7, 11) is 8.28. The van der Waals surface area contributed by atoms with Gasteiger partial charge in [0.2, 0.25) is 0 Å². The highest BCUT2D eigenvalue weighted by Crippen LogP contribution is 2.05. The lowest BCUT2D eigenvalue weighted by molar-refractivity contribution is 0.143. The fraction of sp³-hybridized carbons (Fsp3) is 0.938. The molecular weight excluding hydrogens is 266 g/mol. The van der Waals surface area contributed by atoms with Gasteiger partial charge in [0, 0.05) is 6.54 Å². The third-order valence-corrected chi connectivity index (χ3v) is 3.28. The number of amides is 1. The summed E-state index contributed by atoms with van der Waals surface area (Å²) in [4.78, 5) is 15.7. The van der Waals surface area contributed by atoms with Crippen LogP contribution in [-0.4, -0.2) is 70.3 Å². The fourth-order valence-electron chi connectivity index (χ4n) is 2.04. The van der Waals surface area contributed by atoms with E-state index in [0.717, 1.165) is 25.8 Å². The normalized spacial score (nSPS) is 11.1. The van der Waals surface area contributed by atoms with Gasteiger partial charge in [-0.05, 0) is 60.5 Å². The fourth-order valence-corrected chi connectivity index (χ4v) is 2.04. The van der Waals surface area contributed by atoms with Crippen molar-refractivity contribution in [1.29, 1.82) is 0 Å². The Hall–Kier alpha value is -0.810. The van der Waals surface area contributed by atoms with Crippen LogP contribution in [0.5, 0.6) is 0 Å². The molecule has 126 valence electrons. The second-order valence-electron chi connectivity index (χ2n) is 6.14. The number of nitrogens with zero attached hydrogens (tertiary/aromatic N) is 2. The summed E-state index contributed by atoms with van der Waals surface area (Å²) in [6, 6.07) is 0. The summed E-state index contributed by atoms with van der Waals surface area (Å²) >= 11 is 0. The molecule has 0 spiro atoms. The second-order valence-corrected chi connectivity index (χ2v) is 6.14. The van der Waals surface area contributed by atoms with E-state index in [-0.39, 0.29) is 6.09 Å². The van der Waals surface area contributed by atoms with E-state index >= 15 is 0 Å². The Morgan fingerprint density at radius 1 is 0.810 bits per heavy atom. The lowest BCUT2D eigenvalue weighted by atomic mass is 10.1. The number of carbonyl (C=O) groups excluding carboxylic acids is 1. The molecule has 0 rings (SSSR count). The maximum absolute atomic E-state index is 11.4. The van der Waals surface area contributed by atoms with Crippen molar-refractivity contribution in [3.63, 3.8) is 0 Å². The van der Waals surface area contributed by atoms with Gasteiger partial charge in [-0.3, -0.25) is 0 Å². The largest absolute Gasteiger partial charge is 0.450 e. The topological polar surface area (TPSA) is 44.8 Å². The maximum atomic E-state index is 11.4. The van der Waals surface area contributed by atoms with Gasteiger partial charge in [-0.15, -0.1) is 0 Å². The van der Waals surface area contributed by atoms with Crippen LogP contribution in [-0.2, 0) is 4.74 Å². The summed E-state index contributed by atoms with van der Waals surface area (Å²) in [6.45, 7) is 3.38. The molecule has 0 aliphatic rings. The van der Waals surface area contributed by atoms with Gasteiger partial charge in [0.1, 0.15) is 0 Å². The number of alkyl carbamates (subject to hydrolysis) is 1. The number of hydrogen-bond acceptors (Lipinski definition) is 4. The summed E-state index contributed by atoms with van der Waals surface area (Å²) < 4.78 is 5.14. The molecule has 1 N–H and O–H groups in total. The van der Waals surface area contributed by atoms with Gasteiger partial charge >= 0.3 is 6.09 Å². The van der Waals surface area contributed by atoms with Crippen molar-refractivity contribution in [2.45, 2.75) is 44.9 Å². The quantitative estimate of drug-likeness (QED) is 0.531. The number of rotatable bonds is 13. The van der Waals surface area contributed by atoms with Gasteiger partial charge < -0.3 is 19.9 Å². The summed E-state index contributed by atoms with van der Waals surface area (Å²) in [6.07, 6.45) is 7.89. The molecule has 0 bridgehead atoms. The molecule has 0 heterocycles. The highest BCUT2D eigenvalue weighted by Gasteiger charge is 2.01. The number of hydrogen-bond donors (Lipinski definition) is 1. The molecule has 21 heavy (non-hydrogen) atoms. The molecule has 1 amide bonds. The maximum Gasteiger partial charge on any atom is 0.407 e. The van der Waals surface area contributed by atoms with E-state index in [1.165, 1.54) is 32.2 Å². The summed E-state index contributed by atoms with van der Waals surface area (Å²) in [5, 5.41) is 2.77. The monoisotopic (exact) mass is 301 g/mol. The lowest BCUT2D eigenvalue weighted by Crippen LogP contribution is -2.28. The van der Waals surface area contributed by atoms with Crippen molar-refractivity contribution < 1.29 is 9.53 Å². The SMILES string of the molecule is CN(C)CCCCCCCCOC(=O)NCCCN(C)C. The first kappa shape index (κ1) is 20.2. The molecular formula is C16H35N3O2. The molecule has 0 unspecified atom stereocenters. The Balaban J connectivity index is 3.18. The predicted octanol–water partition coefficient (Wildman–Crippen LogP) is 2.57. The Morgan fingerprint density at radius 2 is 1.33 bits per heavy atom. The van der Waals surface area contributed by atoms with Crippen molar-refractivity contribution in [2.75, 3.05) is 54.4 Å². The molecule has 0 fully saturated rings. The minimum Gasteiger partial charge on any atom is -0.450 e. The van der Waals surface area contributed by atoms with E-state index in [2.05, 4.69) is 29.2 Å². The Bertz CT molecular complexity index is 246. The van der Waals surface area contributed by atoms with Crippen LogP contribution in [0.15, 0.2) is 0 Å². The minimum absolute atomic E-state index is 0.278. The first-order valence-corrected chi connectivity index (χ1v) is 8.22. The van der Waals surface area contributed by atoms with E-state index < -0.39 is 0 Å². The van der Waals surface area contributed by atoms with Crippen LogP contribution in [0.4, 0.5) is 4.79 Å². The smallest absolute Gasteiger partial charge is 0.407 e. The zero-order valence-corrected chi connectivity index (χ0v) is 14.5. The first-order valence-electron chi connectivity index (χ1n) is 8.22. The van der Waals surface area contributed by atoms with Crippen molar-refractivity contribution in [2.24, 2.45) is 0 Å². The molecule has 0 aliphatic heterocycles. The standard InChI is InChI=1S/C16H35N3O2/c1-18(2)13-9-7-5-6-8-10-15-21-16(20)17-12-11-14-19(3)4/h5-15H2,1-4H3,(H,17,20). The molecule has 0 aliphatic carbocycles. The van der Waals surface area contributed by atoms with E-state index in [4.69, 9.17) is 4.74 Å². The van der Waals surface area contributed by atoms with Crippen LogP contribution in [0.1, 0.15) is 44.9 Å². The molecule has 5 nitrogen and oxygen atoms in total. The highest BCUT2D eigenvalue weighted by molar-refractivity contribution is 5.66. The molecule has 0 saturated heterocycles. The zero-order valence-electron chi connectivity index (χ0n) is 14.5. The van der Waals surface area contributed by atoms with Gasteiger partial charge in [0.05, 0.1) is 6.61 Å². The van der Waals surface area contributed by atoms with Crippen LogP contribution in [0.2, 0.25) is 0 Å². The number of ether oxygens (including phenoxy) is 1. The van der Waals surface area contributed by atoms with Crippen LogP contribution in [0.25, 0.3) is 0 Å². The van der Waals surface area contributed by atoms with E-state index in [1.54, 1.807) is 0 Å². The van der Waals surface area contributed by atoms with Crippen LogP contribution >= 0.6 is 0 Å². The molecule has 0 aromatic carbocycles. The van der Waals surface area contributed by atoms with Gasteiger partial charge in [0.15, 0.2) is 0 Å². The van der Waals surface area contributed by atoms with Crippen molar-refractivity contribution >= 4 is 6.09 Å². The number of unbranched alkanes of at least 4 members (excludes halogenated alkanes) is 5. The third-order valence-electron chi connectivity index (χ3n) is 3.28. The Labute approximate surface area is 131 Å². The first-order chi connectivity index (χ1) is 10.0. The van der Waals surface area contributed by atoms with Crippen LogP contribution < -0.4 is 5.32 Å². The van der Waals surface area contributed by atoms with E-state index in [9.17, 15) is 4.79 Å². The summed E-state index contributed by atoms with van der Waals surface area (Å²) in [5.41, 5.74) is 0. The molecule has 0 radical (unpaired) electrons. The van der Waals surface area contributed by atoms with Crippen molar-refractivity contribution in [3.05, 3.63) is 0 Å². The average Bonchev–Trinajstić information content (AvgIpc) is 2.41. The van der Waals surface area contributed by atoms with Crippen LogP contribution in [0.3, 0.4) is 0 Å². The molecule has 0 saturated carbocycles. The van der Waals surface area contributed by atoms with Gasteiger partial charge in [-0.1, -0.05) is 25.7 Å². The number of carbonyl (C=O) groups is 1. The minimum atomic E-state index is -0.278. The van der Waals surface area contributed by atoms with E-state index in [0.29, 0.717) is 13.2 Å². The van der Waals surface area contributed by atoms with Crippen molar-refractivity contribution in [3.8, 4) is 0 Å². The van der Waals surface area contributed by atoms with Crippen LogP contribution in [0, 0.1) is 0 Å². The van der Waals surface area contributed by atoms with E-state index in [1.807, 2.05) is 14.1 Å². The average molecular weight is 301 g/mol. The van der Waals surface area contributed by atoms with Gasteiger partial charge in [0.25, 0.3) is 0 Å². The predicted molar refractivity (Wildman–Crippen MR) is 88.8 cm³/mol. The second kappa shape index (κ2) is 14.1. The van der Waals surface area contributed by atoms with Crippen molar-refractivity contribution in [1.82, 2.24) is 15.1 Å². The van der Waals surface area contributed by atoms with Gasteiger partial charge in [-0.2, -0.15) is 0 Å². The molecule has 5 heteroatoms. The molecule has 0 atom stereocenters. The Kier molecular flexibility index (Phi) is 13.6. The third kappa shape index (κ3) is 17.1. The number of nitrogens with one attached hydrogen (secondary N) is 1. The Morgan fingerprint density at radius 3 is 1.95 bits per heavy atom. The molecule has 0 aromatic heterocycles. The highest BCUT2D eigenvalue weighted by atomic mass is 16.5. The lowest BCUT2D eigenvalue weighted by Gasteiger charge is -2.10.